The first kappa shape index (κ1) is 16.6. The van der Waals surface area contributed by atoms with Crippen LogP contribution in [0.4, 0.5) is 0 Å². The maximum atomic E-state index is 10.2. The molecular formula is C21H30O2. The summed E-state index contributed by atoms with van der Waals surface area (Å²) in [4.78, 5) is 0. The molecule has 2 aliphatic rings. The van der Waals surface area contributed by atoms with E-state index < -0.39 is 0 Å². The van der Waals surface area contributed by atoms with Gasteiger partial charge in [0.15, 0.2) is 0 Å². The molecule has 1 aromatic carbocycles. The van der Waals surface area contributed by atoms with Crippen molar-refractivity contribution in [1.82, 2.24) is 0 Å². The molecule has 0 aliphatic heterocycles. The van der Waals surface area contributed by atoms with Gasteiger partial charge in [-0.15, -0.1) is 0 Å². The number of hydrogen-bond acceptors (Lipinski definition) is 2. The molecule has 2 aliphatic carbocycles. The zero-order valence-corrected chi connectivity index (χ0v) is 14.6. The third kappa shape index (κ3) is 3.80. The van der Waals surface area contributed by atoms with Gasteiger partial charge < -0.3 is 9.84 Å². The lowest BCUT2D eigenvalue weighted by atomic mass is 9.70. The second kappa shape index (κ2) is 7.09. The Labute approximate surface area is 140 Å². The number of aliphatic hydroxyl groups excluding tert-OH is 1. The Morgan fingerprint density at radius 3 is 2.91 bits per heavy atom. The summed E-state index contributed by atoms with van der Waals surface area (Å²) >= 11 is 0. The predicted molar refractivity (Wildman–Crippen MR) is 94.8 cm³/mol. The Morgan fingerprint density at radius 2 is 2.17 bits per heavy atom. The first-order valence-corrected chi connectivity index (χ1v) is 9.07. The van der Waals surface area contributed by atoms with Crippen LogP contribution in [0, 0.1) is 17.3 Å². The SMILES string of the molecule is COc1ccc2c(c1)CCCC(CO)(CC1C=CCC(C)C1)C2. The predicted octanol–water partition coefficient (Wildman–Crippen LogP) is 4.55. The topological polar surface area (TPSA) is 29.5 Å². The Kier molecular flexibility index (Phi) is 5.11. The fraction of sp³-hybridized carbons (Fsp3) is 0.619. The van der Waals surface area contributed by atoms with E-state index in [0.29, 0.717) is 12.5 Å². The second-order valence-corrected chi connectivity index (χ2v) is 7.79. The van der Waals surface area contributed by atoms with Crippen LogP contribution in [0.3, 0.4) is 0 Å². The van der Waals surface area contributed by atoms with Crippen molar-refractivity contribution in [1.29, 1.82) is 0 Å². The molecule has 0 heterocycles. The van der Waals surface area contributed by atoms with Crippen molar-refractivity contribution in [2.45, 2.75) is 51.9 Å². The molecule has 0 amide bonds. The van der Waals surface area contributed by atoms with E-state index in [1.165, 1.54) is 24.0 Å². The van der Waals surface area contributed by atoms with Gasteiger partial charge in [-0.25, -0.2) is 0 Å². The molecule has 0 aromatic heterocycles. The van der Waals surface area contributed by atoms with E-state index in [1.807, 2.05) is 0 Å². The molecule has 0 radical (unpaired) electrons. The number of aryl methyl sites for hydroxylation is 1. The van der Waals surface area contributed by atoms with Crippen LogP contribution < -0.4 is 4.74 Å². The molecular weight excluding hydrogens is 284 g/mol. The Bertz CT molecular complexity index is 563. The van der Waals surface area contributed by atoms with E-state index >= 15 is 0 Å². The van der Waals surface area contributed by atoms with Crippen LogP contribution in [-0.4, -0.2) is 18.8 Å². The molecule has 23 heavy (non-hydrogen) atoms. The number of ether oxygens (including phenoxy) is 1. The highest BCUT2D eigenvalue weighted by Crippen LogP contribution is 2.42. The molecule has 0 fully saturated rings. The number of aliphatic hydroxyl groups is 1. The van der Waals surface area contributed by atoms with Crippen LogP contribution in [0.25, 0.3) is 0 Å². The fourth-order valence-corrected chi connectivity index (χ4v) is 4.56. The number of methoxy groups -OCH3 is 1. The average molecular weight is 314 g/mol. The molecule has 0 saturated heterocycles. The summed E-state index contributed by atoms with van der Waals surface area (Å²) in [6, 6.07) is 6.46. The number of allylic oxidation sites excluding steroid dienone is 2. The molecule has 3 atom stereocenters. The minimum atomic E-state index is 0.0475. The van der Waals surface area contributed by atoms with E-state index in [2.05, 4.69) is 37.3 Å². The lowest BCUT2D eigenvalue weighted by Crippen LogP contribution is -2.31. The highest BCUT2D eigenvalue weighted by atomic mass is 16.5. The second-order valence-electron chi connectivity index (χ2n) is 7.79. The third-order valence-electron chi connectivity index (χ3n) is 5.81. The van der Waals surface area contributed by atoms with Gasteiger partial charge in [0, 0.05) is 6.61 Å². The van der Waals surface area contributed by atoms with E-state index in [4.69, 9.17) is 4.74 Å². The first-order chi connectivity index (χ1) is 11.1. The van der Waals surface area contributed by atoms with Crippen molar-refractivity contribution in [3.05, 3.63) is 41.5 Å². The summed E-state index contributed by atoms with van der Waals surface area (Å²) < 4.78 is 5.37. The Morgan fingerprint density at radius 1 is 1.30 bits per heavy atom. The fourth-order valence-electron chi connectivity index (χ4n) is 4.56. The molecule has 126 valence electrons. The number of benzene rings is 1. The maximum absolute atomic E-state index is 10.2. The van der Waals surface area contributed by atoms with Crippen molar-refractivity contribution in [2.24, 2.45) is 17.3 Å². The molecule has 1 aromatic rings. The highest BCUT2D eigenvalue weighted by Gasteiger charge is 2.35. The summed E-state index contributed by atoms with van der Waals surface area (Å²) in [6.45, 7) is 2.65. The Hall–Kier alpha value is -1.28. The van der Waals surface area contributed by atoms with Crippen LogP contribution in [0.2, 0.25) is 0 Å². The summed E-state index contributed by atoms with van der Waals surface area (Å²) in [5, 5.41) is 10.2. The lowest BCUT2D eigenvalue weighted by molar-refractivity contribution is 0.0879. The number of fused-ring (bicyclic) bond motifs is 1. The summed E-state index contributed by atoms with van der Waals surface area (Å²) in [5.74, 6) is 2.36. The van der Waals surface area contributed by atoms with Gasteiger partial charge in [-0.2, -0.15) is 0 Å². The molecule has 0 bridgehead atoms. The normalized spacial score (nSPS) is 30.6. The number of rotatable bonds is 4. The van der Waals surface area contributed by atoms with E-state index in [9.17, 15) is 5.11 Å². The molecule has 0 spiro atoms. The minimum Gasteiger partial charge on any atom is -0.497 e. The van der Waals surface area contributed by atoms with Gasteiger partial charge in [0.2, 0.25) is 0 Å². The smallest absolute Gasteiger partial charge is 0.119 e. The molecule has 3 unspecified atom stereocenters. The highest BCUT2D eigenvalue weighted by molar-refractivity contribution is 5.37. The monoisotopic (exact) mass is 314 g/mol. The summed E-state index contributed by atoms with van der Waals surface area (Å²) in [6.07, 6.45) is 12.7. The average Bonchev–Trinajstić information content (AvgIpc) is 2.73. The molecule has 0 saturated carbocycles. The van der Waals surface area contributed by atoms with Gasteiger partial charge >= 0.3 is 0 Å². The zero-order valence-electron chi connectivity index (χ0n) is 14.6. The quantitative estimate of drug-likeness (QED) is 0.653. The standard InChI is InChI=1S/C21H30O2/c1-16-5-3-6-17(11-16)13-21(15-22)10-4-7-18-12-20(23-2)9-8-19(18)14-21/h3,6,8-9,12,16-17,22H,4-5,7,10-11,13-15H2,1-2H3. The van der Waals surface area contributed by atoms with Gasteiger partial charge in [-0.1, -0.05) is 25.1 Å². The third-order valence-corrected chi connectivity index (χ3v) is 5.81. The summed E-state index contributed by atoms with van der Waals surface area (Å²) in [7, 11) is 1.73. The first-order valence-electron chi connectivity index (χ1n) is 9.07. The zero-order chi connectivity index (χ0) is 16.3. The van der Waals surface area contributed by atoms with Crippen molar-refractivity contribution < 1.29 is 9.84 Å². The van der Waals surface area contributed by atoms with E-state index in [0.717, 1.165) is 43.8 Å². The molecule has 1 N–H and O–H groups in total. The van der Waals surface area contributed by atoms with Gasteiger partial charge in [0.05, 0.1) is 7.11 Å². The van der Waals surface area contributed by atoms with Gasteiger partial charge in [-0.3, -0.25) is 0 Å². The largest absolute Gasteiger partial charge is 0.497 e. The maximum Gasteiger partial charge on any atom is 0.119 e. The van der Waals surface area contributed by atoms with Gasteiger partial charge in [0.25, 0.3) is 0 Å². The Balaban J connectivity index is 1.81. The van der Waals surface area contributed by atoms with E-state index in [-0.39, 0.29) is 5.41 Å². The molecule has 2 heteroatoms. The minimum absolute atomic E-state index is 0.0475. The number of hydrogen-bond donors (Lipinski definition) is 1. The van der Waals surface area contributed by atoms with Crippen LogP contribution in [-0.2, 0) is 12.8 Å². The van der Waals surface area contributed by atoms with Crippen molar-refractivity contribution in [3.63, 3.8) is 0 Å². The van der Waals surface area contributed by atoms with Crippen LogP contribution in [0.1, 0.15) is 50.2 Å². The van der Waals surface area contributed by atoms with Gasteiger partial charge in [-0.05, 0) is 85.5 Å². The van der Waals surface area contributed by atoms with Gasteiger partial charge in [0.1, 0.15) is 5.75 Å². The van der Waals surface area contributed by atoms with E-state index in [1.54, 1.807) is 7.11 Å². The van der Waals surface area contributed by atoms with Crippen LogP contribution >= 0.6 is 0 Å². The van der Waals surface area contributed by atoms with Crippen LogP contribution in [0.15, 0.2) is 30.4 Å². The summed E-state index contributed by atoms with van der Waals surface area (Å²) in [5.41, 5.74) is 2.86. The lowest BCUT2D eigenvalue weighted by Gasteiger charge is -2.36. The van der Waals surface area contributed by atoms with Crippen LogP contribution in [0.5, 0.6) is 5.75 Å². The van der Waals surface area contributed by atoms with Crippen molar-refractivity contribution in [3.8, 4) is 5.75 Å². The van der Waals surface area contributed by atoms with Crippen molar-refractivity contribution in [2.75, 3.05) is 13.7 Å². The van der Waals surface area contributed by atoms with Crippen molar-refractivity contribution >= 4 is 0 Å². The molecule has 3 rings (SSSR count). The molecule has 2 nitrogen and oxygen atoms in total.